The molecule has 0 saturated carbocycles. The number of hydrogen-bond acceptors (Lipinski definition) is 0. The predicted octanol–water partition coefficient (Wildman–Crippen LogP) is 11.5. The van der Waals surface area contributed by atoms with Crippen molar-refractivity contribution in [2.45, 2.75) is 207 Å². The van der Waals surface area contributed by atoms with Crippen LogP contribution in [0.4, 0.5) is 0 Å². The average molecular weight is 518 g/mol. The Kier molecular flexibility index (Phi) is 24.8. The van der Waals surface area contributed by atoms with Crippen molar-refractivity contribution >= 4 is 0 Å². The molecule has 1 rings (SSSR count). The van der Waals surface area contributed by atoms with Crippen LogP contribution in [0.5, 0.6) is 0 Å². The monoisotopic (exact) mass is 518 g/mol. The highest BCUT2D eigenvalue weighted by Gasteiger charge is 2.16. The van der Waals surface area contributed by atoms with Gasteiger partial charge in [0.1, 0.15) is 12.4 Å². The van der Waals surface area contributed by atoms with Crippen molar-refractivity contribution in [1.82, 2.24) is 4.57 Å². The van der Waals surface area contributed by atoms with Crippen molar-refractivity contribution in [3.8, 4) is 0 Å². The molecule has 1 aromatic rings. The zero-order valence-electron chi connectivity index (χ0n) is 26.1. The number of imidazole rings is 1. The number of nitrogens with zero attached hydrogens (tertiary/aromatic N) is 2. The number of hydrogen-bond donors (Lipinski definition) is 0. The van der Waals surface area contributed by atoms with E-state index in [0.29, 0.717) is 0 Å². The van der Waals surface area contributed by atoms with E-state index in [4.69, 9.17) is 0 Å². The SMILES string of the molecule is CCCCCCCCCCCCCCCCCC[n+]1ccn(CCCCCC)c1CCCCCCCC. The minimum atomic E-state index is 1.22. The van der Waals surface area contributed by atoms with Gasteiger partial charge in [0, 0.05) is 6.42 Å². The van der Waals surface area contributed by atoms with Crippen molar-refractivity contribution in [2.24, 2.45) is 0 Å². The number of aryl methyl sites for hydroxylation is 2. The second-order valence-corrected chi connectivity index (χ2v) is 12.0. The van der Waals surface area contributed by atoms with E-state index in [1.165, 1.54) is 186 Å². The molecule has 0 aliphatic heterocycles. The first-order chi connectivity index (χ1) is 18.3. The normalized spacial score (nSPS) is 11.5. The van der Waals surface area contributed by atoms with Gasteiger partial charge < -0.3 is 0 Å². The fraction of sp³-hybridized carbons (Fsp3) is 0.914. The molecular weight excluding hydrogens is 448 g/mol. The zero-order valence-corrected chi connectivity index (χ0v) is 26.1. The summed E-state index contributed by atoms with van der Waals surface area (Å²) in [6.07, 6.45) is 43.0. The summed E-state index contributed by atoms with van der Waals surface area (Å²) in [6, 6.07) is 0. The highest BCUT2D eigenvalue weighted by Crippen LogP contribution is 2.14. The van der Waals surface area contributed by atoms with Gasteiger partial charge in [-0.3, -0.25) is 0 Å². The lowest BCUT2D eigenvalue weighted by atomic mass is 10.0. The van der Waals surface area contributed by atoms with Gasteiger partial charge in [0.2, 0.25) is 0 Å². The molecule has 0 aromatic carbocycles. The smallest absolute Gasteiger partial charge is 0.234 e. The highest BCUT2D eigenvalue weighted by molar-refractivity contribution is 4.84. The van der Waals surface area contributed by atoms with E-state index in [0.717, 1.165) is 0 Å². The minimum absolute atomic E-state index is 1.22. The maximum absolute atomic E-state index is 2.61. The summed E-state index contributed by atoms with van der Waals surface area (Å²) in [5.74, 6) is 1.60. The minimum Gasteiger partial charge on any atom is -0.234 e. The first-order valence-electron chi connectivity index (χ1n) is 17.4. The summed E-state index contributed by atoms with van der Waals surface area (Å²) in [4.78, 5) is 0. The molecular formula is C35H69N2+. The van der Waals surface area contributed by atoms with Gasteiger partial charge in [-0.25, -0.2) is 9.13 Å². The maximum atomic E-state index is 2.61. The van der Waals surface area contributed by atoms with E-state index in [9.17, 15) is 0 Å². The third-order valence-corrected chi connectivity index (χ3v) is 8.35. The van der Waals surface area contributed by atoms with E-state index in [2.05, 4.69) is 42.3 Å². The second kappa shape index (κ2) is 26.8. The third kappa shape index (κ3) is 19.9. The van der Waals surface area contributed by atoms with Crippen LogP contribution in [0.2, 0.25) is 0 Å². The number of rotatable bonds is 29. The van der Waals surface area contributed by atoms with Crippen LogP contribution in [0.1, 0.15) is 194 Å². The van der Waals surface area contributed by atoms with Crippen molar-refractivity contribution in [3.05, 3.63) is 18.2 Å². The molecule has 1 aromatic heterocycles. The molecule has 0 radical (unpaired) electrons. The topological polar surface area (TPSA) is 8.81 Å². The summed E-state index contributed by atoms with van der Waals surface area (Å²) in [7, 11) is 0. The van der Waals surface area contributed by atoms with Crippen molar-refractivity contribution in [2.75, 3.05) is 0 Å². The van der Waals surface area contributed by atoms with E-state index >= 15 is 0 Å². The molecule has 0 amide bonds. The van der Waals surface area contributed by atoms with Crippen LogP contribution in [0, 0.1) is 0 Å². The summed E-state index contributed by atoms with van der Waals surface area (Å²) in [5.41, 5.74) is 0. The summed E-state index contributed by atoms with van der Waals surface area (Å²) >= 11 is 0. The Balaban J connectivity index is 2.14. The lowest BCUT2D eigenvalue weighted by molar-refractivity contribution is -0.704. The van der Waals surface area contributed by atoms with Gasteiger partial charge in [0.15, 0.2) is 0 Å². The van der Waals surface area contributed by atoms with Gasteiger partial charge in [-0.05, 0) is 32.1 Å². The standard InChI is InChI=1S/C35H69N2/c1-4-7-10-13-15-16-17-18-19-20-21-22-23-24-26-29-32-37-34-33-36(31-28-12-9-6-3)35(37)30-27-25-14-11-8-5-2/h33-34H,4-32H2,1-3H3/q+1. The fourth-order valence-electron chi connectivity index (χ4n) is 5.80. The van der Waals surface area contributed by atoms with Crippen LogP contribution in [-0.4, -0.2) is 4.57 Å². The molecule has 0 bridgehead atoms. The quantitative estimate of drug-likeness (QED) is 0.0737. The Morgan fingerprint density at radius 1 is 0.459 bits per heavy atom. The second-order valence-electron chi connectivity index (χ2n) is 12.0. The van der Waals surface area contributed by atoms with E-state index in [1.807, 2.05) is 0 Å². The molecule has 218 valence electrons. The Bertz CT molecular complexity index is 576. The molecule has 0 unspecified atom stereocenters. The summed E-state index contributed by atoms with van der Waals surface area (Å²) < 4.78 is 5.20. The largest absolute Gasteiger partial charge is 0.256 e. The van der Waals surface area contributed by atoms with Crippen LogP contribution < -0.4 is 4.57 Å². The third-order valence-electron chi connectivity index (χ3n) is 8.35. The first kappa shape index (κ1) is 34.2. The van der Waals surface area contributed by atoms with Crippen LogP contribution in [0.15, 0.2) is 12.4 Å². The molecule has 0 aliphatic rings. The van der Waals surface area contributed by atoms with E-state index in [1.54, 1.807) is 5.82 Å². The molecule has 1 heterocycles. The van der Waals surface area contributed by atoms with Gasteiger partial charge in [-0.2, -0.15) is 0 Å². The van der Waals surface area contributed by atoms with Gasteiger partial charge in [0.25, 0.3) is 5.82 Å². The van der Waals surface area contributed by atoms with E-state index < -0.39 is 0 Å². The lowest BCUT2D eigenvalue weighted by Gasteiger charge is -2.07. The average Bonchev–Trinajstić information content (AvgIpc) is 3.29. The first-order valence-corrected chi connectivity index (χ1v) is 17.4. The molecule has 0 spiro atoms. The molecule has 0 saturated heterocycles. The van der Waals surface area contributed by atoms with Crippen LogP contribution >= 0.6 is 0 Å². The summed E-state index contributed by atoms with van der Waals surface area (Å²) in [5, 5.41) is 0. The number of aromatic nitrogens is 2. The van der Waals surface area contributed by atoms with Crippen LogP contribution in [0.25, 0.3) is 0 Å². The predicted molar refractivity (Wildman–Crippen MR) is 165 cm³/mol. The number of unbranched alkanes of at least 4 members (excludes halogenated alkanes) is 23. The Hall–Kier alpha value is -0.790. The molecule has 2 heteroatoms. The van der Waals surface area contributed by atoms with E-state index in [-0.39, 0.29) is 0 Å². The van der Waals surface area contributed by atoms with Crippen LogP contribution in [0.3, 0.4) is 0 Å². The van der Waals surface area contributed by atoms with Gasteiger partial charge in [0.05, 0.1) is 13.1 Å². The maximum Gasteiger partial charge on any atom is 0.256 e. The molecule has 0 aliphatic carbocycles. The Morgan fingerprint density at radius 2 is 0.838 bits per heavy atom. The van der Waals surface area contributed by atoms with Gasteiger partial charge in [-0.1, -0.05) is 156 Å². The fourth-order valence-corrected chi connectivity index (χ4v) is 5.80. The molecule has 0 atom stereocenters. The summed E-state index contributed by atoms with van der Waals surface area (Å²) in [6.45, 7) is 9.38. The molecule has 37 heavy (non-hydrogen) atoms. The van der Waals surface area contributed by atoms with Crippen molar-refractivity contribution < 1.29 is 4.57 Å². The van der Waals surface area contributed by atoms with Crippen molar-refractivity contribution in [1.29, 1.82) is 0 Å². The van der Waals surface area contributed by atoms with Crippen LogP contribution in [-0.2, 0) is 19.5 Å². The molecule has 2 nitrogen and oxygen atoms in total. The molecule has 0 N–H and O–H groups in total. The Labute approximate surface area is 234 Å². The van der Waals surface area contributed by atoms with Crippen molar-refractivity contribution in [3.63, 3.8) is 0 Å². The highest BCUT2D eigenvalue weighted by atomic mass is 15.1. The van der Waals surface area contributed by atoms with Gasteiger partial charge in [-0.15, -0.1) is 0 Å². The Morgan fingerprint density at radius 3 is 1.30 bits per heavy atom. The van der Waals surface area contributed by atoms with Gasteiger partial charge >= 0.3 is 0 Å². The lowest BCUT2D eigenvalue weighted by Crippen LogP contribution is -2.37. The zero-order chi connectivity index (χ0) is 26.7. The molecule has 0 fully saturated rings.